The summed E-state index contributed by atoms with van der Waals surface area (Å²) < 4.78 is 16.2. The lowest BCUT2D eigenvalue weighted by Crippen LogP contribution is -2.05. The van der Waals surface area contributed by atoms with Crippen molar-refractivity contribution in [2.45, 2.75) is 6.61 Å². The van der Waals surface area contributed by atoms with Crippen LogP contribution in [-0.4, -0.2) is 26.6 Å². The number of aldehydes is 1. The molecule has 0 aliphatic heterocycles. The van der Waals surface area contributed by atoms with Crippen LogP contribution in [0.25, 0.3) is 0 Å². The molecule has 2 aromatic carbocycles. The third-order valence-corrected chi connectivity index (χ3v) is 2.91. The summed E-state index contributed by atoms with van der Waals surface area (Å²) in [4.78, 5) is 11.1. The van der Waals surface area contributed by atoms with Crippen LogP contribution in [0.3, 0.4) is 0 Å². The van der Waals surface area contributed by atoms with Crippen molar-refractivity contribution in [2.24, 2.45) is 0 Å². The zero-order valence-corrected chi connectivity index (χ0v) is 12.0. The van der Waals surface area contributed by atoms with Crippen LogP contribution in [0.2, 0.25) is 0 Å². The summed E-state index contributed by atoms with van der Waals surface area (Å²) in [7, 11) is 1.62. The molecule has 110 valence electrons. The van der Waals surface area contributed by atoms with Crippen molar-refractivity contribution in [1.82, 2.24) is 0 Å². The maximum Gasteiger partial charge on any atom is 0.153 e. The molecule has 0 atom stereocenters. The molecule has 0 spiro atoms. The molecule has 0 fully saturated rings. The summed E-state index contributed by atoms with van der Waals surface area (Å²) in [6.07, 6.45) is 0.777. The van der Waals surface area contributed by atoms with Gasteiger partial charge in [-0.15, -0.1) is 0 Å². The number of carbonyl (C=O) groups is 1. The quantitative estimate of drug-likeness (QED) is 0.552. The van der Waals surface area contributed by atoms with E-state index in [2.05, 4.69) is 0 Å². The molecule has 2 aromatic rings. The zero-order chi connectivity index (χ0) is 14.9. The first-order valence-electron chi connectivity index (χ1n) is 6.71. The van der Waals surface area contributed by atoms with E-state index in [0.717, 1.165) is 11.8 Å². The van der Waals surface area contributed by atoms with Gasteiger partial charge in [0.05, 0.1) is 12.2 Å². The number of methoxy groups -OCH3 is 1. The molecule has 0 radical (unpaired) electrons. The summed E-state index contributed by atoms with van der Waals surface area (Å²) in [5.74, 6) is 1.17. The number of hydrogen-bond acceptors (Lipinski definition) is 4. The van der Waals surface area contributed by atoms with Gasteiger partial charge in [0.1, 0.15) is 24.7 Å². The van der Waals surface area contributed by atoms with Gasteiger partial charge in [-0.2, -0.15) is 0 Å². The molecular formula is C17H18O4. The van der Waals surface area contributed by atoms with Crippen molar-refractivity contribution in [1.29, 1.82) is 0 Å². The Morgan fingerprint density at radius 1 is 1.00 bits per heavy atom. The van der Waals surface area contributed by atoms with Crippen molar-refractivity contribution in [3.63, 3.8) is 0 Å². The number of carbonyl (C=O) groups excluding carboxylic acids is 1. The maximum absolute atomic E-state index is 11.1. The number of hydrogen-bond donors (Lipinski definition) is 0. The van der Waals surface area contributed by atoms with Gasteiger partial charge in [-0.05, 0) is 17.7 Å². The SMILES string of the molecule is COCCOc1ccc(C=O)c(OCc2ccccc2)c1. The predicted octanol–water partition coefficient (Wildman–Crippen LogP) is 3.10. The van der Waals surface area contributed by atoms with Gasteiger partial charge in [-0.1, -0.05) is 30.3 Å². The highest BCUT2D eigenvalue weighted by atomic mass is 16.5. The normalized spacial score (nSPS) is 10.1. The van der Waals surface area contributed by atoms with E-state index >= 15 is 0 Å². The monoisotopic (exact) mass is 286 g/mol. The van der Waals surface area contributed by atoms with Crippen molar-refractivity contribution in [3.8, 4) is 11.5 Å². The van der Waals surface area contributed by atoms with E-state index in [1.165, 1.54) is 0 Å². The summed E-state index contributed by atoms with van der Waals surface area (Å²) in [5.41, 5.74) is 1.55. The summed E-state index contributed by atoms with van der Waals surface area (Å²) >= 11 is 0. The zero-order valence-electron chi connectivity index (χ0n) is 12.0. The van der Waals surface area contributed by atoms with Crippen LogP contribution < -0.4 is 9.47 Å². The fraction of sp³-hybridized carbons (Fsp3) is 0.235. The molecule has 0 aliphatic carbocycles. The smallest absolute Gasteiger partial charge is 0.153 e. The molecule has 0 saturated heterocycles. The first kappa shape index (κ1) is 15.1. The molecule has 4 nitrogen and oxygen atoms in total. The van der Waals surface area contributed by atoms with Crippen molar-refractivity contribution < 1.29 is 19.0 Å². The number of ether oxygens (including phenoxy) is 3. The highest BCUT2D eigenvalue weighted by Gasteiger charge is 2.06. The summed E-state index contributed by atoms with van der Waals surface area (Å²) in [5, 5.41) is 0. The molecule has 0 aliphatic rings. The minimum absolute atomic E-state index is 0.406. The van der Waals surface area contributed by atoms with Crippen LogP contribution in [0, 0.1) is 0 Å². The van der Waals surface area contributed by atoms with Gasteiger partial charge >= 0.3 is 0 Å². The van der Waals surface area contributed by atoms with E-state index in [0.29, 0.717) is 36.9 Å². The second-order valence-corrected chi connectivity index (χ2v) is 4.43. The van der Waals surface area contributed by atoms with Crippen LogP contribution >= 0.6 is 0 Å². The Kier molecular flexibility index (Phi) is 5.79. The van der Waals surface area contributed by atoms with Crippen LogP contribution in [-0.2, 0) is 11.3 Å². The van der Waals surface area contributed by atoms with Gasteiger partial charge in [0.25, 0.3) is 0 Å². The molecule has 2 rings (SSSR count). The van der Waals surface area contributed by atoms with Crippen molar-refractivity contribution in [2.75, 3.05) is 20.3 Å². The van der Waals surface area contributed by atoms with E-state index in [1.54, 1.807) is 25.3 Å². The van der Waals surface area contributed by atoms with Gasteiger partial charge in [0, 0.05) is 13.2 Å². The molecular weight excluding hydrogens is 268 g/mol. The number of benzene rings is 2. The van der Waals surface area contributed by atoms with E-state index in [1.807, 2.05) is 30.3 Å². The van der Waals surface area contributed by atoms with Crippen molar-refractivity contribution in [3.05, 3.63) is 59.7 Å². The molecule has 0 aromatic heterocycles. The third kappa shape index (κ3) is 4.61. The standard InChI is InChI=1S/C17H18O4/c1-19-9-10-20-16-8-7-15(12-18)17(11-16)21-13-14-5-3-2-4-6-14/h2-8,11-12H,9-10,13H2,1H3. The largest absolute Gasteiger partial charge is 0.491 e. The molecule has 0 unspecified atom stereocenters. The van der Waals surface area contributed by atoms with Crippen LogP contribution in [0.4, 0.5) is 0 Å². The lowest BCUT2D eigenvalue weighted by Gasteiger charge is -2.11. The maximum atomic E-state index is 11.1. The van der Waals surface area contributed by atoms with Gasteiger partial charge in [-0.25, -0.2) is 0 Å². The van der Waals surface area contributed by atoms with E-state index in [-0.39, 0.29) is 0 Å². The Balaban J connectivity index is 2.05. The minimum Gasteiger partial charge on any atom is -0.491 e. The Morgan fingerprint density at radius 3 is 2.52 bits per heavy atom. The molecule has 0 heterocycles. The fourth-order valence-electron chi connectivity index (χ4n) is 1.81. The lowest BCUT2D eigenvalue weighted by molar-refractivity contribution is 0.111. The highest BCUT2D eigenvalue weighted by molar-refractivity contribution is 5.79. The van der Waals surface area contributed by atoms with E-state index in [4.69, 9.17) is 14.2 Å². The average Bonchev–Trinajstić information content (AvgIpc) is 2.54. The first-order valence-corrected chi connectivity index (χ1v) is 6.71. The molecule has 0 bridgehead atoms. The second kappa shape index (κ2) is 8.07. The molecule has 0 N–H and O–H groups in total. The van der Waals surface area contributed by atoms with Gasteiger partial charge in [-0.3, -0.25) is 4.79 Å². The average molecular weight is 286 g/mol. The van der Waals surface area contributed by atoms with E-state index in [9.17, 15) is 4.79 Å². The van der Waals surface area contributed by atoms with Crippen LogP contribution in [0.15, 0.2) is 48.5 Å². The molecule has 21 heavy (non-hydrogen) atoms. The second-order valence-electron chi connectivity index (χ2n) is 4.43. The first-order chi connectivity index (χ1) is 10.3. The predicted molar refractivity (Wildman–Crippen MR) is 80.0 cm³/mol. The third-order valence-electron chi connectivity index (χ3n) is 2.91. The topological polar surface area (TPSA) is 44.8 Å². The summed E-state index contributed by atoms with van der Waals surface area (Å²) in [6.45, 7) is 1.37. The van der Waals surface area contributed by atoms with Crippen molar-refractivity contribution >= 4 is 6.29 Å². The minimum atomic E-state index is 0.406. The van der Waals surface area contributed by atoms with E-state index < -0.39 is 0 Å². The van der Waals surface area contributed by atoms with Gasteiger partial charge in [0.2, 0.25) is 0 Å². The number of rotatable bonds is 8. The van der Waals surface area contributed by atoms with Gasteiger partial charge < -0.3 is 14.2 Å². The van der Waals surface area contributed by atoms with Gasteiger partial charge in [0.15, 0.2) is 6.29 Å². The Bertz CT molecular complexity index is 566. The Labute approximate surface area is 124 Å². The Hall–Kier alpha value is -2.33. The highest BCUT2D eigenvalue weighted by Crippen LogP contribution is 2.24. The summed E-state index contributed by atoms with van der Waals surface area (Å²) in [6, 6.07) is 14.9. The lowest BCUT2D eigenvalue weighted by atomic mass is 10.2. The van der Waals surface area contributed by atoms with Crippen LogP contribution in [0.1, 0.15) is 15.9 Å². The molecule has 4 heteroatoms. The Morgan fingerprint density at radius 2 is 1.81 bits per heavy atom. The van der Waals surface area contributed by atoms with Crippen LogP contribution in [0.5, 0.6) is 11.5 Å². The molecule has 0 amide bonds. The molecule has 0 saturated carbocycles. The fourth-order valence-corrected chi connectivity index (χ4v) is 1.81.